The van der Waals surface area contributed by atoms with E-state index in [4.69, 9.17) is 4.74 Å². The van der Waals surface area contributed by atoms with E-state index < -0.39 is 0 Å². The van der Waals surface area contributed by atoms with Crippen molar-refractivity contribution in [3.63, 3.8) is 0 Å². The second-order valence-electron chi connectivity index (χ2n) is 8.21. The maximum absolute atomic E-state index is 5.38. The van der Waals surface area contributed by atoms with E-state index in [1.54, 1.807) is 7.11 Å². The van der Waals surface area contributed by atoms with Gasteiger partial charge in [0.05, 0.1) is 6.61 Å². The van der Waals surface area contributed by atoms with Crippen LogP contribution in [0.3, 0.4) is 0 Å². The van der Waals surface area contributed by atoms with Crippen LogP contribution in [-0.2, 0) is 4.74 Å². The van der Waals surface area contributed by atoms with Crippen molar-refractivity contribution in [2.45, 2.75) is 66.6 Å². The van der Waals surface area contributed by atoms with E-state index in [2.05, 4.69) is 58.7 Å². The van der Waals surface area contributed by atoms with Crippen LogP contribution in [0.2, 0.25) is 0 Å². The first-order chi connectivity index (χ1) is 8.57. The van der Waals surface area contributed by atoms with Gasteiger partial charge in [-0.25, -0.2) is 0 Å². The summed E-state index contributed by atoms with van der Waals surface area (Å²) < 4.78 is 5.38. The summed E-state index contributed by atoms with van der Waals surface area (Å²) in [6.07, 6.45) is 0. The number of hydrogen-bond acceptors (Lipinski definition) is 3. The third kappa shape index (κ3) is 4.44. The van der Waals surface area contributed by atoms with Crippen molar-refractivity contribution < 1.29 is 4.74 Å². The first-order valence-electron chi connectivity index (χ1n) is 7.55. The van der Waals surface area contributed by atoms with Crippen molar-refractivity contribution in [1.29, 1.82) is 0 Å². The minimum Gasteiger partial charge on any atom is -0.383 e. The average molecular weight is 270 g/mol. The molecule has 3 nitrogen and oxygen atoms in total. The van der Waals surface area contributed by atoms with Crippen molar-refractivity contribution in [3.8, 4) is 0 Å². The molecular weight excluding hydrogens is 236 g/mol. The minimum absolute atomic E-state index is 0.290. The molecule has 3 unspecified atom stereocenters. The van der Waals surface area contributed by atoms with E-state index in [0.717, 1.165) is 19.7 Å². The van der Waals surface area contributed by atoms with Gasteiger partial charge in [0.25, 0.3) is 0 Å². The summed E-state index contributed by atoms with van der Waals surface area (Å²) in [6.45, 7) is 19.2. The van der Waals surface area contributed by atoms with E-state index in [1.807, 2.05) is 0 Å². The molecule has 0 radical (unpaired) electrons. The van der Waals surface area contributed by atoms with Gasteiger partial charge in [0.2, 0.25) is 0 Å². The molecule has 1 saturated heterocycles. The van der Waals surface area contributed by atoms with E-state index >= 15 is 0 Å². The molecule has 0 aromatic rings. The fraction of sp³-hybridized carbons (Fsp3) is 1.00. The van der Waals surface area contributed by atoms with Crippen LogP contribution in [0.25, 0.3) is 0 Å². The number of methoxy groups -OCH3 is 1. The lowest BCUT2D eigenvalue weighted by atomic mass is 9.79. The highest BCUT2D eigenvalue weighted by atomic mass is 16.5. The van der Waals surface area contributed by atoms with E-state index in [9.17, 15) is 0 Å². The minimum atomic E-state index is 0.290. The van der Waals surface area contributed by atoms with Crippen LogP contribution in [0.15, 0.2) is 0 Å². The Labute approximate surface area is 120 Å². The van der Waals surface area contributed by atoms with Gasteiger partial charge in [-0.05, 0) is 17.8 Å². The molecule has 0 bridgehead atoms. The lowest BCUT2D eigenvalue weighted by molar-refractivity contribution is -0.0170. The highest BCUT2D eigenvalue weighted by molar-refractivity contribution is 4.97. The Hall–Kier alpha value is -0.120. The van der Waals surface area contributed by atoms with Gasteiger partial charge in [0, 0.05) is 38.3 Å². The van der Waals surface area contributed by atoms with E-state index in [0.29, 0.717) is 23.5 Å². The second-order valence-corrected chi connectivity index (χ2v) is 8.21. The van der Waals surface area contributed by atoms with Crippen molar-refractivity contribution in [2.75, 3.05) is 26.8 Å². The number of nitrogens with zero attached hydrogens (tertiary/aromatic N) is 1. The van der Waals surface area contributed by atoms with Crippen LogP contribution in [0, 0.1) is 10.8 Å². The van der Waals surface area contributed by atoms with Crippen molar-refractivity contribution in [2.24, 2.45) is 10.8 Å². The molecule has 0 amide bonds. The summed E-state index contributed by atoms with van der Waals surface area (Å²) in [5.41, 5.74) is 0.589. The Morgan fingerprint density at radius 2 is 1.74 bits per heavy atom. The van der Waals surface area contributed by atoms with Gasteiger partial charge in [-0.2, -0.15) is 0 Å². The highest BCUT2D eigenvalue weighted by Gasteiger charge is 2.40. The Morgan fingerprint density at radius 3 is 2.16 bits per heavy atom. The van der Waals surface area contributed by atoms with Crippen molar-refractivity contribution in [1.82, 2.24) is 10.2 Å². The molecular formula is C16H34N2O. The van der Waals surface area contributed by atoms with Gasteiger partial charge in [-0.3, -0.25) is 4.90 Å². The van der Waals surface area contributed by atoms with E-state index in [-0.39, 0.29) is 5.41 Å². The molecule has 3 atom stereocenters. The molecule has 1 aliphatic heterocycles. The summed E-state index contributed by atoms with van der Waals surface area (Å²) in [4.78, 5) is 2.65. The maximum Gasteiger partial charge on any atom is 0.0615 e. The Morgan fingerprint density at radius 1 is 1.16 bits per heavy atom. The van der Waals surface area contributed by atoms with Crippen LogP contribution in [-0.4, -0.2) is 49.8 Å². The summed E-state index contributed by atoms with van der Waals surface area (Å²) >= 11 is 0. The summed E-state index contributed by atoms with van der Waals surface area (Å²) in [7, 11) is 1.80. The van der Waals surface area contributed by atoms with Crippen LogP contribution in [0.5, 0.6) is 0 Å². The third-order valence-electron chi connectivity index (χ3n) is 4.37. The van der Waals surface area contributed by atoms with E-state index in [1.165, 1.54) is 0 Å². The predicted molar refractivity (Wildman–Crippen MR) is 82.5 cm³/mol. The number of rotatable bonds is 3. The number of piperazine rings is 1. The normalized spacial score (nSPS) is 28.4. The Kier molecular flexibility index (Phi) is 5.44. The maximum atomic E-state index is 5.38. The largest absolute Gasteiger partial charge is 0.383 e. The molecule has 0 spiro atoms. The molecule has 0 aromatic carbocycles. The lowest BCUT2D eigenvalue weighted by Crippen LogP contribution is -2.65. The van der Waals surface area contributed by atoms with Crippen molar-refractivity contribution in [3.05, 3.63) is 0 Å². The van der Waals surface area contributed by atoms with Crippen LogP contribution in [0.4, 0.5) is 0 Å². The molecule has 1 heterocycles. The first-order valence-corrected chi connectivity index (χ1v) is 7.55. The zero-order valence-corrected chi connectivity index (χ0v) is 14.2. The summed E-state index contributed by atoms with van der Waals surface area (Å²) in [6, 6.07) is 1.59. The van der Waals surface area contributed by atoms with Crippen LogP contribution >= 0.6 is 0 Å². The van der Waals surface area contributed by atoms with Crippen LogP contribution in [0.1, 0.15) is 48.5 Å². The van der Waals surface area contributed by atoms with Crippen molar-refractivity contribution >= 4 is 0 Å². The molecule has 0 saturated carbocycles. The third-order valence-corrected chi connectivity index (χ3v) is 4.37. The first kappa shape index (κ1) is 16.9. The topological polar surface area (TPSA) is 24.5 Å². The Balaban J connectivity index is 2.86. The Bertz CT molecular complexity index is 277. The fourth-order valence-corrected chi connectivity index (χ4v) is 2.98. The van der Waals surface area contributed by atoms with Gasteiger partial charge in [0.1, 0.15) is 0 Å². The molecule has 1 aliphatic rings. The zero-order valence-electron chi connectivity index (χ0n) is 14.2. The predicted octanol–water partition coefficient (Wildman–Crippen LogP) is 2.76. The molecule has 0 aromatic heterocycles. The molecule has 3 heteroatoms. The molecule has 1 fully saturated rings. The monoisotopic (exact) mass is 270 g/mol. The average Bonchev–Trinajstić information content (AvgIpc) is 2.26. The van der Waals surface area contributed by atoms with Gasteiger partial charge in [0.15, 0.2) is 0 Å². The standard InChI is InChI=1S/C16H34N2O/c1-12(11-19-8)18-10-13(15(2,3)4)17-9-14(18)16(5,6)7/h12-14,17H,9-11H2,1-8H3. The fourth-order valence-electron chi connectivity index (χ4n) is 2.98. The number of ether oxygens (including phenoxy) is 1. The smallest absolute Gasteiger partial charge is 0.0615 e. The summed E-state index contributed by atoms with van der Waals surface area (Å²) in [5, 5.41) is 3.76. The number of hydrogen-bond donors (Lipinski definition) is 1. The molecule has 0 aliphatic carbocycles. The quantitative estimate of drug-likeness (QED) is 0.853. The molecule has 19 heavy (non-hydrogen) atoms. The van der Waals surface area contributed by atoms with Gasteiger partial charge < -0.3 is 10.1 Å². The molecule has 1 N–H and O–H groups in total. The van der Waals surface area contributed by atoms with Crippen LogP contribution < -0.4 is 5.32 Å². The zero-order chi connectivity index (χ0) is 14.8. The molecule has 1 rings (SSSR count). The second kappa shape index (κ2) is 6.11. The highest BCUT2D eigenvalue weighted by Crippen LogP contribution is 2.31. The lowest BCUT2D eigenvalue weighted by Gasteiger charge is -2.51. The van der Waals surface area contributed by atoms with Gasteiger partial charge in [-0.1, -0.05) is 41.5 Å². The molecule has 114 valence electrons. The SMILES string of the molecule is COCC(C)N1CC(C(C)(C)C)NCC1C(C)(C)C. The van der Waals surface area contributed by atoms with Gasteiger partial charge in [-0.15, -0.1) is 0 Å². The summed E-state index contributed by atoms with van der Waals surface area (Å²) in [5.74, 6) is 0. The van der Waals surface area contributed by atoms with Gasteiger partial charge >= 0.3 is 0 Å². The number of nitrogens with one attached hydrogen (secondary N) is 1.